The van der Waals surface area contributed by atoms with Gasteiger partial charge in [-0.3, -0.25) is 4.79 Å². The maximum atomic E-state index is 11.6. The third-order valence-corrected chi connectivity index (χ3v) is 2.94. The van der Waals surface area contributed by atoms with Gasteiger partial charge < -0.3 is 19.7 Å². The van der Waals surface area contributed by atoms with Crippen molar-refractivity contribution in [2.75, 3.05) is 20.3 Å². The highest BCUT2D eigenvalue weighted by Crippen LogP contribution is 2.15. The molecule has 18 heavy (non-hydrogen) atoms. The number of carboxylic acid groups (broad SMARTS) is 1. The van der Waals surface area contributed by atoms with Crippen LogP contribution in [-0.4, -0.2) is 41.8 Å². The zero-order valence-electron chi connectivity index (χ0n) is 9.98. The molecule has 0 unspecified atom stereocenters. The van der Waals surface area contributed by atoms with Gasteiger partial charge in [-0.05, 0) is 28.4 Å². The Kier molecular flexibility index (Phi) is 5.87. The van der Waals surface area contributed by atoms with Crippen molar-refractivity contribution in [3.05, 3.63) is 22.4 Å². The standard InChI is InChI=1S/C11H15BrN2O4/c1-18-4-2-3-13-10(15)7-14-6-8(11(16)17)5-9(14)12/h5-6H,2-4,7H2,1H3,(H,13,15)(H,16,17). The van der Waals surface area contributed by atoms with Crippen LogP contribution in [0.2, 0.25) is 0 Å². The molecule has 0 saturated heterocycles. The monoisotopic (exact) mass is 318 g/mol. The van der Waals surface area contributed by atoms with Crippen LogP contribution in [0.5, 0.6) is 0 Å². The molecule has 0 aliphatic carbocycles. The number of carbonyl (C=O) groups excluding carboxylic acids is 1. The van der Waals surface area contributed by atoms with E-state index in [4.69, 9.17) is 9.84 Å². The normalized spacial score (nSPS) is 10.3. The van der Waals surface area contributed by atoms with Crippen LogP contribution in [0.25, 0.3) is 0 Å². The number of hydrogen-bond acceptors (Lipinski definition) is 3. The molecule has 1 aromatic heterocycles. The van der Waals surface area contributed by atoms with E-state index in [1.807, 2.05) is 0 Å². The van der Waals surface area contributed by atoms with E-state index in [1.54, 1.807) is 7.11 Å². The molecule has 0 aliphatic rings. The van der Waals surface area contributed by atoms with E-state index in [0.717, 1.165) is 6.42 Å². The van der Waals surface area contributed by atoms with Crippen molar-refractivity contribution in [2.24, 2.45) is 0 Å². The third kappa shape index (κ3) is 4.50. The molecule has 0 aliphatic heterocycles. The fraction of sp³-hybridized carbons (Fsp3) is 0.455. The Balaban J connectivity index is 2.46. The lowest BCUT2D eigenvalue weighted by Gasteiger charge is -2.06. The van der Waals surface area contributed by atoms with Gasteiger partial charge in [0.1, 0.15) is 6.54 Å². The molecule has 0 aromatic carbocycles. The molecule has 6 nitrogen and oxygen atoms in total. The molecule has 100 valence electrons. The Labute approximate surface area is 113 Å². The summed E-state index contributed by atoms with van der Waals surface area (Å²) in [6.07, 6.45) is 2.16. The van der Waals surface area contributed by atoms with E-state index in [-0.39, 0.29) is 18.0 Å². The molecule has 1 amide bonds. The van der Waals surface area contributed by atoms with E-state index in [0.29, 0.717) is 17.8 Å². The summed E-state index contributed by atoms with van der Waals surface area (Å²) in [5.41, 5.74) is 0.147. The maximum Gasteiger partial charge on any atom is 0.337 e. The predicted octanol–water partition coefficient (Wildman–Crippen LogP) is 1.10. The van der Waals surface area contributed by atoms with Crippen LogP contribution in [0.15, 0.2) is 16.9 Å². The molecule has 2 N–H and O–H groups in total. The number of aromatic nitrogens is 1. The highest BCUT2D eigenvalue weighted by atomic mass is 79.9. The smallest absolute Gasteiger partial charge is 0.337 e. The summed E-state index contributed by atoms with van der Waals surface area (Å²) in [6.45, 7) is 1.22. The van der Waals surface area contributed by atoms with Gasteiger partial charge in [0.2, 0.25) is 5.91 Å². The lowest BCUT2D eigenvalue weighted by atomic mass is 10.4. The highest BCUT2D eigenvalue weighted by molar-refractivity contribution is 9.10. The first-order chi connectivity index (χ1) is 8.54. The molecular formula is C11H15BrN2O4. The lowest BCUT2D eigenvalue weighted by Crippen LogP contribution is -2.28. The topological polar surface area (TPSA) is 80.6 Å². The first-order valence-corrected chi connectivity index (χ1v) is 6.18. The van der Waals surface area contributed by atoms with Crippen LogP contribution in [0, 0.1) is 0 Å². The number of hydrogen-bond donors (Lipinski definition) is 2. The minimum absolute atomic E-state index is 0.0842. The Morgan fingerprint density at radius 1 is 1.56 bits per heavy atom. The zero-order chi connectivity index (χ0) is 13.5. The molecule has 0 bridgehead atoms. The molecule has 1 heterocycles. The average molecular weight is 319 g/mol. The van der Waals surface area contributed by atoms with Gasteiger partial charge in [-0.1, -0.05) is 0 Å². The van der Waals surface area contributed by atoms with Crippen LogP contribution in [0.3, 0.4) is 0 Å². The molecule has 0 radical (unpaired) electrons. The maximum absolute atomic E-state index is 11.6. The SMILES string of the molecule is COCCCNC(=O)Cn1cc(C(=O)O)cc1Br. The summed E-state index contributed by atoms with van der Waals surface area (Å²) < 4.78 is 6.96. The van der Waals surface area contributed by atoms with Crippen LogP contribution >= 0.6 is 15.9 Å². The van der Waals surface area contributed by atoms with Gasteiger partial charge in [0.25, 0.3) is 0 Å². The lowest BCUT2D eigenvalue weighted by molar-refractivity contribution is -0.121. The predicted molar refractivity (Wildman–Crippen MR) is 68.6 cm³/mol. The van der Waals surface area contributed by atoms with Crippen LogP contribution in [0.1, 0.15) is 16.8 Å². The molecule has 0 atom stereocenters. The molecule has 1 rings (SSSR count). The number of nitrogens with zero attached hydrogens (tertiary/aromatic N) is 1. The van der Waals surface area contributed by atoms with Gasteiger partial charge in [-0.15, -0.1) is 0 Å². The zero-order valence-corrected chi connectivity index (χ0v) is 11.6. The van der Waals surface area contributed by atoms with Gasteiger partial charge in [-0.2, -0.15) is 0 Å². The van der Waals surface area contributed by atoms with Crippen molar-refractivity contribution < 1.29 is 19.4 Å². The van der Waals surface area contributed by atoms with E-state index < -0.39 is 5.97 Å². The number of halogens is 1. The number of methoxy groups -OCH3 is 1. The molecular weight excluding hydrogens is 304 g/mol. The van der Waals surface area contributed by atoms with Gasteiger partial charge in [-0.25, -0.2) is 4.79 Å². The minimum Gasteiger partial charge on any atom is -0.478 e. The Hall–Kier alpha value is -1.34. The first-order valence-electron chi connectivity index (χ1n) is 5.39. The Morgan fingerprint density at radius 2 is 2.28 bits per heavy atom. The van der Waals surface area contributed by atoms with E-state index in [1.165, 1.54) is 16.8 Å². The molecule has 0 fully saturated rings. The summed E-state index contributed by atoms with van der Waals surface area (Å²) in [5, 5.41) is 11.5. The molecule has 7 heteroatoms. The summed E-state index contributed by atoms with van der Waals surface area (Å²) in [4.78, 5) is 22.3. The van der Waals surface area contributed by atoms with Crippen molar-refractivity contribution in [1.82, 2.24) is 9.88 Å². The second-order valence-corrected chi connectivity index (χ2v) is 4.49. The number of amides is 1. The third-order valence-electron chi connectivity index (χ3n) is 2.25. The van der Waals surface area contributed by atoms with Gasteiger partial charge in [0, 0.05) is 26.5 Å². The van der Waals surface area contributed by atoms with Crippen molar-refractivity contribution >= 4 is 27.8 Å². The number of carboxylic acids is 1. The average Bonchev–Trinajstić information content (AvgIpc) is 2.67. The fourth-order valence-corrected chi connectivity index (χ4v) is 1.85. The number of aromatic carboxylic acids is 1. The van der Waals surface area contributed by atoms with Crippen LogP contribution in [0.4, 0.5) is 0 Å². The van der Waals surface area contributed by atoms with E-state index in [9.17, 15) is 9.59 Å². The van der Waals surface area contributed by atoms with Gasteiger partial charge in [0.15, 0.2) is 0 Å². The summed E-state index contributed by atoms with van der Waals surface area (Å²) in [7, 11) is 1.60. The molecule has 1 aromatic rings. The quantitative estimate of drug-likeness (QED) is 0.738. The Bertz CT molecular complexity index is 431. The minimum atomic E-state index is -1.02. The first kappa shape index (κ1) is 14.7. The van der Waals surface area contributed by atoms with Crippen molar-refractivity contribution in [3.8, 4) is 0 Å². The summed E-state index contributed by atoms with van der Waals surface area (Å²) in [6, 6.07) is 1.46. The van der Waals surface area contributed by atoms with Crippen molar-refractivity contribution in [3.63, 3.8) is 0 Å². The number of rotatable bonds is 7. The fourth-order valence-electron chi connectivity index (χ4n) is 1.37. The molecule has 0 spiro atoms. The second kappa shape index (κ2) is 7.17. The second-order valence-electron chi connectivity index (χ2n) is 3.68. The van der Waals surface area contributed by atoms with E-state index >= 15 is 0 Å². The van der Waals surface area contributed by atoms with Crippen molar-refractivity contribution in [1.29, 1.82) is 0 Å². The van der Waals surface area contributed by atoms with E-state index in [2.05, 4.69) is 21.2 Å². The summed E-state index contributed by atoms with van der Waals surface area (Å²) in [5.74, 6) is -1.19. The Morgan fingerprint density at radius 3 is 2.83 bits per heavy atom. The van der Waals surface area contributed by atoms with Crippen LogP contribution < -0.4 is 5.32 Å². The van der Waals surface area contributed by atoms with Crippen LogP contribution in [-0.2, 0) is 16.1 Å². The van der Waals surface area contributed by atoms with Crippen molar-refractivity contribution in [2.45, 2.75) is 13.0 Å². The number of ether oxygens (including phenoxy) is 1. The van der Waals surface area contributed by atoms with Gasteiger partial charge >= 0.3 is 5.97 Å². The largest absolute Gasteiger partial charge is 0.478 e. The van der Waals surface area contributed by atoms with Gasteiger partial charge in [0.05, 0.1) is 10.2 Å². The number of nitrogens with one attached hydrogen (secondary N) is 1. The summed E-state index contributed by atoms with van der Waals surface area (Å²) >= 11 is 3.21. The number of carbonyl (C=O) groups is 2. The molecule has 0 saturated carbocycles. The highest BCUT2D eigenvalue weighted by Gasteiger charge is 2.11.